The number of carbonyl (C=O) groups excluding carboxylic acids is 2. The Hall–Kier alpha value is -2.87. The number of hydrogen-bond acceptors (Lipinski definition) is 6. The number of rotatable bonds is 2. The molecule has 2 amide bonds. The number of benzene rings is 1. The Kier molecular flexibility index (Phi) is 5.75. The van der Waals surface area contributed by atoms with Crippen LogP contribution in [0.2, 0.25) is 0 Å². The van der Waals surface area contributed by atoms with Gasteiger partial charge < -0.3 is 15.0 Å². The number of nitrogens with zero attached hydrogens (tertiary/aromatic N) is 3. The van der Waals surface area contributed by atoms with Gasteiger partial charge in [-0.15, -0.1) is 0 Å². The van der Waals surface area contributed by atoms with Gasteiger partial charge in [0.1, 0.15) is 5.60 Å². The van der Waals surface area contributed by atoms with Crippen molar-refractivity contribution in [2.24, 2.45) is 10.9 Å². The van der Waals surface area contributed by atoms with Gasteiger partial charge >= 0.3 is 6.09 Å². The zero-order chi connectivity index (χ0) is 22.1. The van der Waals surface area contributed by atoms with E-state index in [1.54, 1.807) is 23.2 Å². The summed E-state index contributed by atoms with van der Waals surface area (Å²) in [6.45, 7) is 7.09. The number of nitrogens with one attached hydrogen (secondary N) is 1. The number of fused-ring (bicyclic) bond motifs is 1. The first-order valence-corrected chi connectivity index (χ1v) is 11.1. The topological polar surface area (TPSA) is 83.9 Å². The zero-order valence-electron chi connectivity index (χ0n) is 17.9. The lowest BCUT2D eigenvalue weighted by Gasteiger charge is -2.36. The average molecular weight is 439 g/mol. The number of aromatic nitrogens is 1. The number of amides is 2. The molecule has 2 aliphatic heterocycles. The molecule has 1 fully saturated rings. The number of pyridine rings is 1. The van der Waals surface area contributed by atoms with E-state index in [0.717, 1.165) is 5.56 Å². The predicted molar refractivity (Wildman–Crippen MR) is 121 cm³/mol. The highest BCUT2D eigenvalue weighted by atomic mass is 32.2. The molecule has 0 spiro atoms. The van der Waals surface area contributed by atoms with E-state index in [0.29, 0.717) is 30.4 Å². The molecule has 2 unspecified atom stereocenters. The van der Waals surface area contributed by atoms with Gasteiger partial charge in [-0.05, 0) is 44.5 Å². The highest BCUT2D eigenvalue weighted by Crippen LogP contribution is 2.50. The summed E-state index contributed by atoms with van der Waals surface area (Å²) in [4.78, 5) is 36.1. The van der Waals surface area contributed by atoms with Crippen molar-refractivity contribution in [1.82, 2.24) is 15.2 Å². The Bertz CT molecular complexity index is 991. The monoisotopic (exact) mass is 438 g/mol. The quantitative estimate of drug-likeness (QED) is 0.773. The van der Waals surface area contributed by atoms with E-state index in [1.165, 1.54) is 11.8 Å². The van der Waals surface area contributed by atoms with Gasteiger partial charge in [-0.25, -0.2) is 4.79 Å². The third kappa shape index (κ3) is 4.58. The van der Waals surface area contributed by atoms with E-state index in [1.807, 2.05) is 57.3 Å². The molecule has 3 heterocycles. The normalized spacial score (nSPS) is 23.0. The molecule has 0 saturated carbocycles. The Morgan fingerprint density at radius 1 is 1.19 bits per heavy atom. The molecule has 2 aliphatic rings. The molecule has 7 nitrogen and oxygen atoms in total. The predicted octanol–water partition coefficient (Wildman–Crippen LogP) is 3.68. The highest BCUT2D eigenvalue weighted by molar-refractivity contribution is 8.14. The van der Waals surface area contributed by atoms with Gasteiger partial charge in [0.25, 0.3) is 5.91 Å². The average Bonchev–Trinajstić information content (AvgIpc) is 3.14. The molecule has 4 rings (SSSR count). The fourth-order valence-corrected chi connectivity index (χ4v) is 5.30. The summed E-state index contributed by atoms with van der Waals surface area (Å²) in [6.07, 6.45) is 3.23. The van der Waals surface area contributed by atoms with E-state index in [9.17, 15) is 9.59 Å². The van der Waals surface area contributed by atoms with E-state index in [2.05, 4.69) is 15.3 Å². The first-order valence-electron chi connectivity index (χ1n) is 10.3. The lowest BCUT2D eigenvalue weighted by molar-refractivity contribution is 0.0286. The molecule has 1 aromatic carbocycles. The van der Waals surface area contributed by atoms with Crippen molar-refractivity contribution < 1.29 is 14.3 Å². The molecule has 0 aliphatic carbocycles. The summed E-state index contributed by atoms with van der Waals surface area (Å²) in [6, 6.07) is 13.0. The number of hydrogen-bond donors (Lipinski definition) is 1. The zero-order valence-corrected chi connectivity index (χ0v) is 18.7. The second-order valence-corrected chi connectivity index (χ2v) is 10.1. The van der Waals surface area contributed by atoms with Crippen LogP contribution in [0.25, 0.3) is 0 Å². The SMILES string of the molecule is CC(C)(C)OC(=O)N1CC2CN=C(NC(=O)c3ccccc3)SC2(c2cccnc2)C1. The second-order valence-electron chi connectivity index (χ2n) is 8.76. The minimum Gasteiger partial charge on any atom is -0.444 e. The number of likely N-dealkylation sites (tertiary alicyclic amines) is 1. The molecule has 162 valence electrons. The summed E-state index contributed by atoms with van der Waals surface area (Å²) in [5.41, 5.74) is 1.02. The van der Waals surface area contributed by atoms with Crippen LogP contribution in [0.15, 0.2) is 59.9 Å². The largest absolute Gasteiger partial charge is 0.444 e. The summed E-state index contributed by atoms with van der Waals surface area (Å²) >= 11 is 1.49. The molecule has 2 aromatic rings. The molecule has 1 N–H and O–H groups in total. The van der Waals surface area contributed by atoms with Crippen molar-refractivity contribution in [2.45, 2.75) is 31.1 Å². The number of carbonyl (C=O) groups is 2. The number of ether oxygens (including phenoxy) is 1. The maximum absolute atomic E-state index is 12.8. The number of thioether (sulfide) groups is 1. The van der Waals surface area contributed by atoms with Crippen molar-refractivity contribution >= 4 is 28.9 Å². The molecular weight excluding hydrogens is 412 g/mol. The number of amidine groups is 1. The van der Waals surface area contributed by atoms with Crippen molar-refractivity contribution in [1.29, 1.82) is 0 Å². The third-order valence-corrected chi connectivity index (χ3v) is 6.81. The van der Waals surface area contributed by atoms with Gasteiger partial charge in [-0.3, -0.25) is 14.8 Å². The second kappa shape index (κ2) is 8.34. The Morgan fingerprint density at radius 2 is 1.97 bits per heavy atom. The van der Waals surface area contributed by atoms with Gasteiger partial charge in [-0.1, -0.05) is 36.0 Å². The van der Waals surface area contributed by atoms with Gasteiger partial charge in [0.15, 0.2) is 5.17 Å². The van der Waals surface area contributed by atoms with Crippen LogP contribution in [0.1, 0.15) is 36.7 Å². The third-order valence-electron chi connectivity index (χ3n) is 5.32. The molecule has 2 atom stereocenters. The summed E-state index contributed by atoms with van der Waals surface area (Å²) in [5, 5.41) is 3.50. The first-order chi connectivity index (χ1) is 14.8. The van der Waals surface area contributed by atoms with Gasteiger partial charge in [0, 0.05) is 43.5 Å². The van der Waals surface area contributed by atoms with Crippen LogP contribution in [-0.2, 0) is 9.48 Å². The van der Waals surface area contributed by atoms with Crippen LogP contribution in [0.5, 0.6) is 0 Å². The molecule has 31 heavy (non-hydrogen) atoms. The van der Waals surface area contributed by atoms with Crippen molar-refractivity contribution in [3.05, 3.63) is 66.0 Å². The summed E-state index contributed by atoms with van der Waals surface area (Å²) < 4.78 is 5.16. The molecule has 1 aromatic heterocycles. The lowest BCUT2D eigenvalue weighted by Crippen LogP contribution is -2.42. The summed E-state index contributed by atoms with van der Waals surface area (Å²) in [5.74, 6) is -0.111. The van der Waals surface area contributed by atoms with Crippen LogP contribution >= 0.6 is 11.8 Å². The van der Waals surface area contributed by atoms with Crippen LogP contribution in [-0.4, -0.2) is 52.3 Å². The van der Waals surface area contributed by atoms with Crippen LogP contribution < -0.4 is 5.32 Å². The van der Waals surface area contributed by atoms with Crippen molar-refractivity contribution in [3.63, 3.8) is 0 Å². The fourth-order valence-electron chi connectivity index (χ4n) is 3.90. The fraction of sp³-hybridized carbons (Fsp3) is 0.391. The van der Waals surface area contributed by atoms with E-state index in [-0.39, 0.29) is 17.9 Å². The molecule has 8 heteroatoms. The van der Waals surface area contributed by atoms with Crippen LogP contribution in [0, 0.1) is 5.92 Å². The molecule has 0 bridgehead atoms. The smallest absolute Gasteiger partial charge is 0.410 e. The minimum atomic E-state index is -0.565. The van der Waals surface area contributed by atoms with E-state index < -0.39 is 10.3 Å². The van der Waals surface area contributed by atoms with Gasteiger partial charge in [0.05, 0.1) is 4.75 Å². The number of aliphatic imine (C=N–C) groups is 1. The van der Waals surface area contributed by atoms with Crippen molar-refractivity contribution in [2.75, 3.05) is 19.6 Å². The maximum atomic E-state index is 12.8. The molecular formula is C23H26N4O3S. The molecule has 0 radical (unpaired) electrons. The van der Waals surface area contributed by atoms with Crippen LogP contribution in [0.3, 0.4) is 0 Å². The van der Waals surface area contributed by atoms with Gasteiger partial charge in [0.2, 0.25) is 0 Å². The summed E-state index contributed by atoms with van der Waals surface area (Å²) in [7, 11) is 0. The first kappa shape index (κ1) is 21.4. The van der Waals surface area contributed by atoms with E-state index >= 15 is 0 Å². The Labute approximate surface area is 186 Å². The van der Waals surface area contributed by atoms with Crippen LogP contribution in [0.4, 0.5) is 4.79 Å². The lowest BCUT2D eigenvalue weighted by atomic mass is 9.88. The highest BCUT2D eigenvalue weighted by Gasteiger charge is 2.53. The van der Waals surface area contributed by atoms with E-state index in [4.69, 9.17) is 4.74 Å². The van der Waals surface area contributed by atoms with Crippen molar-refractivity contribution in [3.8, 4) is 0 Å². The molecule has 1 saturated heterocycles. The Morgan fingerprint density at radius 3 is 2.65 bits per heavy atom. The standard InChI is InChI=1S/C23H26N4O3S/c1-22(2,3)30-21(29)27-14-18-13-25-20(26-19(28)16-8-5-4-6-9-16)31-23(18,15-27)17-10-7-11-24-12-17/h4-12,18H,13-15H2,1-3H3,(H,25,26,28). The maximum Gasteiger partial charge on any atom is 0.410 e. The Balaban J connectivity index is 1.59. The van der Waals surface area contributed by atoms with Gasteiger partial charge in [-0.2, -0.15) is 0 Å². The minimum absolute atomic E-state index is 0.0894.